The molecule has 0 radical (unpaired) electrons. The third kappa shape index (κ3) is 3.60. The van der Waals surface area contributed by atoms with Crippen molar-refractivity contribution in [2.24, 2.45) is 0 Å². The second-order valence-electron chi connectivity index (χ2n) is 5.98. The highest BCUT2D eigenvalue weighted by atomic mass is 16.1. The van der Waals surface area contributed by atoms with E-state index in [-0.39, 0.29) is 5.91 Å². The second-order valence-corrected chi connectivity index (χ2v) is 5.98. The molecular weight excluding hydrogens is 252 g/mol. The molecule has 2 aliphatic rings. The first-order valence-electron chi connectivity index (χ1n) is 7.83. The Morgan fingerprint density at radius 2 is 2.15 bits per heavy atom. The van der Waals surface area contributed by atoms with Gasteiger partial charge in [-0.25, -0.2) is 4.98 Å². The molecule has 1 aliphatic heterocycles. The highest BCUT2D eigenvalue weighted by molar-refractivity contribution is 5.76. The number of carbonyl (C=O) groups excluding carboxylic acids is 1. The van der Waals surface area contributed by atoms with Crippen LogP contribution in [-0.4, -0.2) is 34.6 Å². The van der Waals surface area contributed by atoms with Crippen molar-refractivity contribution in [3.63, 3.8) is 0 Å². The van der Waals surface area contributed by atoms with E-state index < -0.39 is 0 Å². The Labute approximate surface area is 120 Å². The maximum atomic E-state index is 11.7. The Kier molecular flexibility index (Phi) is 4.35. The first kappa shape index (κ1) is 13.6. The highest BCUT2D eigenvalue weighted by Crippen LogP contribution is 2.25. The van der Waals surface area contributed by atoms with Crippen LogP contribution in [0.4, 0.5) is 0 Å². The van der Waals surface area contributed by atoms with Gasteiger partial charge >= 0.3 is 0 Å². The van der Waals surface area contributed by atoms with E-state index in [1.165, 1.54) is 18.5 Å². The Morgan fingerprint density at radius 3 is 2.90 bits per heavy atom. The maximum absolute atomic E-state index is 11.7. The minimum Gasteiger partial charge on any atom is -0.353 e. The summed E-state index contributed by atoms with van der Waals surface area (Å²) in [6.07, 6.45) is 10.1. The van der Waals surface area contributed by atoms with Gasteiger partial charge in [0.15, 0.2) is 0 Å². The molecule has 0 atom stereocenters. The predicted octanol–water partition coefficient (Wildman–Crippen LogP) is 1.41. The largest absolute Gasteiger partial charge is 0.353 e. The van der Waals surface area contributed by atoms with E-state index in [0.717, 1.165) is 38.9 Å². The summed E-state index contributed by atoms with van der Waals surface area (Å²) in [5, 5.41) is 6.44. The van der Waals surface area contributed by atoms with Gasteiger partial charge in [0.05, 0.1) is 6.33 Å². The van der Waals surface area contributed by atoms with Crippen LogP contribution in [0.1, 0.15) is 50.1 Å². The van der Waals surface area contributed by atoms with Crippen molar-refractivity contribution in [3.8, 4) is 0 Å². The van der Waals surface area contributed by atoms with Crippen LogP contribution in [0, 0.1) is 0 Å². The summed E-state index contributed by atoms with van der Waals surface area (Å²) in [4.78, 5) is 16.0. The Hall–Kier alpha value is -1.36. The molecule has 110 valence electrons. The first-order valence-corrected chi connectivity index (χ1v) is 7.83. The topological polar surface area (TPSA) is 59.0 Å². The lowest BCUT2D eigenvalue weighted by molar-refractivity contribution is -0.121. The number of piperidine rings is 1. The van der Waals surface area contributed by atoms with Crippen LogP contribution in [0.15, 0.2) is 12.5 Å². The number of aromatic nitrogens is 2. The summed E-state index contributed by atoms with van der Waals surface area (Å²) in [6, 6.07) is 0.473. The Balaban J connectivity index is 1.47. The fraction of sp³-hybridized carbons (Fsp3) is 0.733. The van der Waals surface area contributed by atoms with Crippen LogP contribution < -0.4 is 10.6 Å². The molecule has 2 fully saturated rings. The molecule has 0 aromatic carbocycles. The third-order valence-corrected chi connectivity index (χ3v) is 4.25. The number of nitrogens with one attached hydrogen (secondary N) is 2. The number of carbonyl (C=O) groups is 1. The number of hydrogen-bond acceptors (Lipinski definition) is 3. The van der Waals surface area contributed by atoms with E-state index in [9.17, 15) is 4.79 Å². The summed E-state index contributed by atoms with van der Waals surface area (Å²) in [6.45, 7) is 3.09. The van der Waals surface area contributed by atoms with Crippen molar-refractivity contribution < 1.29 is 4.79 Å². The number of imidazole rings is 1. The van der Waals surface area contributed by atoms with Crippen LogP contribution in [0.2, 0.25) is 0 Å². The monoisotopic (exact) mass is 276 g/mol. The van der Waals surface area contributed by atoms with Gasteiger partial charge in [0.1, 0.15) is 0 Å². The van der Waals surface area contributed by atoms with Crippen LogP contribution in [0.3, 0.4) is 0 Å². The minimum absolute atomic E-state index is 0.205. The fourth-order valence-corrected chi connectivity index (χ4v) is 2.91. The number of rotatable bonds is 6. The Bertz CT molecular complexity index is 446. The van der Waals surface area contributed by atoms with E-state index >= 15 is 0 Å². The zero-order chi connectivity index (χ0) is 13.8. The molecule has 1 saturated carbocycles. The summed E-state index contributed by atoms with van der Waals surface area (Å²) in [5.74, 6) is 0.829. The van der Waals surface area contributed by atoms with Gasteiger partial charge in [0.2, 0.25) is 5.91 Å². The van der Waals surface area contributed by atoms with Gasteiger partial charge in [-0.3, -0.25) is 4.79 Å². The van der Waals surface area contributed by atoms with Gasteiger partial charge in [-0.2, -0.15) is 0 Å². The summed E-state index contributed by atoms with van der Waals surface area (Å²) in [5.41, 5.74) is 1.34. The van der Waals surface area contributed by atoms with Gasteiger partial charge < -0.3 is 15.2 Å². The lowest BCUT2D eigenvalue weighted by Crippen LogP contribution is -2.28. The SMILES string of the molecule is O=C(CCCn1cncc1C1CCNCC1)NC1CC1. The zero-order valence-corrected chi connectivity index (χ0v) is 12.0. The van der Waals surface area contributed by atoms with Crippen molar-refractivity contribution in [3.05, 3.63) is 18.2 Å². The van der Waals surface area contributed by atoms with E-state index in [1.54, 1.807) is 0 Å². The molecular formula is C15H24N4O. The van der Waals surface area contributed by atoms with E-state index in [4.69, 9.17) is 0 Å². The van der Waals surface area contributed by atoms with Crippen molar-refractivity contribution in [1.29, 1.82) is 0 Å². The smallest absolute Gasteiger partial charge is 0.220 e. The average molecular weight is 276 g/mol. The van der Waals surface area contributed by atoms with Gasteiger partial charge in [0, 0.05) is 36.8 Å². The lowest BCUT2D eigenvalue weighted by atomic mass is 9.95. The molecule has 0 unspecified atom stereocenters. The lowest BCUT2D eigenvalue weighted by Gasteiger charge is -2.23. The predicted molar refractivity (Wildman–Crippen MR) is 77.5 cm³/mol. The zero-order valence-electron chi connectivity index (χ0n) is 12.0. The van der Waals surface area contributed by atoms with Crippen LogP contribution in [0.5, 0.6) is 0 Å². The van der Waals surface area contributed by atoms with Gasteiger partial charge in [-0.1, -0.05) is 0 Å². The number of aryl methyl sites for hydroxylation is 1. The fourth-order valence-electron chi connectivity index (χ4n) is 2.91. The van der Waals surface area contributed by atoms with Gasteiger partial charge in [-0.15, -0.1) is 0 Å². The van der Waals surface area contributed by atoms with E-state index in [1.807, 2.05) is 12.5 Å². The van der Waals surface area contributed by atoms with Crippen molar-refractivity contribution in [1.82, 2.24) is 20.2 Å². The molecule has 2 N–H and O–H groups in total. The van der Waals surface area contributed by atoms with Crippen LogP contribution in [-0.2, 0) is 11.3 Å². The molecule has 1 aromatic heterocycles. The molecule has 3 rings (SSSR count). The standard InChI is InChI=1S/C15H24N4O/c20-15(18-13-3-4-13)2-1-9-19-11-17-10-14(19)12-5-7-16-8-6-12/h10-13,16H,1-9H2,(H,18,20). The van der Waals surface area contributed by atoms with E-state index in [0.29, 0.717) is 18.4 Å². The number of hydrogen-bond donors (Lipinski definition) is 2. The Morgan fingerprint density at radius 1 is 1.35 bits per heavy atom. The van der Waals surface area contributed by atoms with Crippen LogP contribution >= 0.6 is 0 Å². The summed E-state index contributed by atoms with van der Waals surface area (Å²) < 4.78 is 2.24. The van der Waals surface area contributed by atoms with Gasteiger partial charge in [-0.05, 0) is 45.2 Å². The molecule has 0 spiro atoms. The third-order valence-electron chi connectivity index (χ3n) is 4.25. The van der Waals surface area contributed by atoms with Crippen molar-refractivity contribution in [2.75, 3.05) is 13.1 Å². The molecule has 1 aliphatic carbocycles. The van der Waals surface area contributed by atoms with Crippen LogP contribution in [0.25, 0.3) is 0 Å². The summed E-state index contributed by atoms with van der Waals surface area (Å²) in [7, 11) is 0. The molecule has 2 heterocycles. The highest BCUT2D eigenvalue weighted by Gasteiger charge is 2.23. The minimum atomic E-state index is 0.205. The molecule has 5 heteroatoms. The maximum Gasteiger partial charge on any atom is 0.220 e. The average Bonchev–Trinajstić information content (AvgIpc) is 3.15. The molecule has 5 nitrogen and oxygen atoms in total. The number of nitrogens with zero attached hydrogens (tertiary/aromatic N) is 2. The number of amides is 1. The summed E-state index contributed by atoms with van der Waals surface area (Å²) >= 11 is 0. The second kappa shape index (κ2) is 6.39. The molecule has 20 heavy (non-hydrogen) atoms. The first-order chi connectivity index (χ1) is 9.83. The quantitative estimate of drug-likeness (QED) is 0.826. The molecule has 1 aromatic rings. The van der Waals surface area contributed by atoms with Gasteiger partial charge in [0.25, 0.3) is 0 Å². The molecule has 1 saturated heterocycles. The van der Waals surface area contributed by atoms with E-state index in [2.05, 4.69) is 20.2 Å². The molecule has 0 bridgehead atoms. The van der Waals surface area contributed by atoms with Crippen molar-refractivity contribution >= 4 is 5.91 Å². The molecule has 1 amide bonds. The van der Waals surface area contributed by atoms with Crippen molar-refractivity contribution in [2.45, 2.75) is 57.0 Å². The normalized spacial score (nSPS) is 20.0.